The van der Waals surface area contributed by atoms with Crippen molar-refractivity contribution >= 4 is 17.2 Å². The summed E-state index contributed by atoms with van der Waals surface area (Å²) in [6.45, 7) is 1.82. The van der Waals surface area contributed by atoms with Crippen LogP contribution in [0.15, 0.2) is 35.0 Å². The summed E-state index contributed by atoms with van der Waals surface area (Å²) in [6.07, 6.45) is -0.549. The van der Waals surface area contributed by atoms with Crippen molar-refractivity contribution in [1.29, 1.82) is 5.26 Å². The van der Waals surface area contributed by atoms with Gasteiger partial charge in [-0.05, 0) is 30.2 Å². The Balaban J connectivity index is 2.15. The minimum Gasteiger partial charge on any atom is -0.497 e. The molecule has 0 saturated heterocycles. The van der Waals surface area contributed by atoms with Crippen molar-refractivity contribution in [1.82, 2.24) is 5.32 Å². The SMILES string of the molecule is COc1ccc(C2=C(C#N)C(=O)N[C@H]3ON=C(C)[C@H]23)cc1. The van der Waals surface area contributed by atoms with E-state index < -0.39 is 12.1 Å². The third-order valence-corrected chi connectivity index (χ3v) is 3.66. The monoisotopic (exact) mass is 283 g/mol. The highest BCUT2D eigenvalue weighted by atomic mass is 16.7. The van der Waals surface area contributed by atoms with Gasteiger partial charge in [-0.15, -0.1) is 0 Å². The Hall–Kier alpha value is -2.81. The van der Waals surface area contributed by atoms with E-state index in [2.05, 4.69) is 10.5 Å². The summed E-state index contributed by atoms with van der Waals surface area (Å²) in [4.78, 5) is 17.3. The van der Waals surface area contributed by atoms with Crippen LogP contribution in [0.4, 0.5) is 0 Å². The Kier molecular flexibility index (Phi) is 3.10. The molecule has 0 unspecified atom stereocenters. The molecule has 2 aliphatic heterocycles. The summed E-state index contributed by atoms with van der Waals surface area (Å²) in [5, 5.41) is 15.9. The summed E-state index contributed by atoms with van der Waals surface area (Å²) < 4.78 is 5.13. The molecule has 1 aromatic rings. The number of benzene rings is 1. The summed E-state index contributed by atoms with van der Waals surface area (Å²) >= 11 is 0. The molecule has 106 valence electrons. The maximum Gasteiger partial charge on any atom is 0.265 e. The molecule has 0 bridgehead atoms. The van der Waals surface area contributed by atoms with E-state index in [-0.39, 0.29) is 11.5 Å². The molecule has 1 aromatic carbocycles. The topological polar surface area (TPSA) is 83.7 Å². The number of hydrogen-bond donors (Lipinski definition) is 1. The van der Waals surface area contributed by atoms with Gasteiger partial charge in [-0.25, -0.2) is 0 Å². The van der Waals surface area contributed by atoms with E-state index in [0.29, 0.717) is 11.3 Å². The fraction of sp³-hybridized carbons (Fsp3) is 0.267. The Bertz CT molecular complexity index is 698. The molecule has 2 aliphatic rings. The van der Waals surface area contributed by atoms with Crippen molar-refractivity contribution in [2.24, 2.45) is 11.1 Å². The number of nitrogens with one attached hydrogen (secondary N) is 1. The van der Waals surface area contributed by atoms with Crippen molar-refractivity contribution in [2.45, 2.75) is 13.2 Å². The normalized spacial score (nSPS) is 23.7. The average molecular weight is 283 g/mol. The summed E-state index contributed by atoms with van der Waals surface area (Å²) in [5.74, 6) is 0.0305. The van der Waals surface area contributed by atoms with Crippen LogP contribution in [0.25, 0.3) is 5.57 Å². The Labute approximate surface area is 121 Å². The lowest BCUT2D eigenvalue weighted by molar-refractivity contribution is -0.121. The van der Waals surface area contributed by atoms with Crippen LogP contribution in [-0.4, -0.2) is 25.0 Å². The lowest BCUT2D eigenvalue weighted by Crippen LogP contribution is -2.46. The zero-order valence-electron chi connectivity index (χ0n) is 11.6. The molecule has 1 amide bonds. The first-order valence-corrected chi connectivity index (χ1v) is 6.45. The molecule has 0 spiro atoms. The number of fused-ring (bicyclic) bond motifs is 1. The molecule has 1 N–H and O–H groups in total. The first-order valence-electron chi connectivity index (χ1n) is 6.45. The van der Waals surface area contributed by atoms with Gasteiger partial charge in [-0.1, -0.05) is 17.3 Å². The van der Waals surface area contributed by atoms with E-state index in [1.165, 1.54) is 0 Å². The van der Waals surface area contributed by atoms with Crippen LogP contribution >= 0.6 is 0 Å². The third-order valence-electron chi connectivity index (χ3n) is 3.66. The van der Waals surface area contributed by atoms with E-state index >= 15 is 0 Å². The largest absolute Gasteiger partial charge is 0.497 e. The Morgan fingerprint density at radius 1 is 1.38 bits per heavy atom. The van der Waals surface area contributed by atoms with Crippen LogP contribution in [0, 0.1) is 17.2 Å². The number of ether oxygens (including phenoxy) is 1. The van der Waals surface area contributed by atoms with Gasteiger partial charge in [0.25, 0.3) is 5.91 Å². The maximum absolute atomic E-state index is 12.0. The van der Waals surface area contributed by atoms with Gasteiger partial charge in [0.05, 0.1) is 18.7 Å². The molecule has 3 rings (SSSR count). The number of hydrogen-bond acceptors (Lipinski definition) is 5. The minimum atomic E-state index is -0.549. The highest BCUT2D eigenvalue weighted by Gasteiger charge is 2.43. The fourth-order valence-corrected chi connectivity index (χ4v) is 2.63. The van der Waals surface area contributed by atoms with Crippen LogP contribution in [0.2, 0.25) is 0 Å². The van der Waals surface area contributed by atoms with Gasteiger partial charge in [0.2, 0.25) is 6.23 Å². The number of rotatable bonds is 2. The number of carbonyl (C=O) groups excluding carboxylic acids is 1. The second kappa shape index (κ2) is 4.94. The third kappa shape index (κ3) is 2.03. The number of nitriles is 1. The molecule has 0 radical (unpaired) electrons. The fourth-order valence-electron chi connectivity index (χ4n) is 2.63. The Morgan fingerprint density at radius 2 is 2.10 bits per heavy atom. The van der Waals surface area contributed by atoms with Gasteiger partial charge in [-0.2, -0.15) is 5.26 Å². The Morgan fingerprint density at radius 3 is 2.71 bits per heavy atom. The number of nitrogens with zero attached hydrogens (tertiary/aromatic N) is 2. The molecular weight excluding hydrogens is 270 g/mol. The highest BCUT2D eigenvalue weighted by molar-refractivity contribution is 6.12. The maximum atomic E-state index is 12.0. The quantitative estimate of drug-likeness (QED) is 0.890. The van der Waals surface area contributed by atoms with Gasteiger partial charge in [-0.3, -0.25) is 4.79 Å². The van der Waals surface area contributed by atoms with Crippen molar-refractivity contribution in [3.05, 3.63) is 35.4 Å². The molecule has 2 atom stereocenters. The van der Waals surface area contributed by atoms with Gasteiger partial charge in [0, 0.05) is 0 Å². The second-order valence-electron chi connectivity index (χ2n) is 4.84. The van der Waals surface area contributed by atoms with Crippen LogP contribution in [-0.2, 0) is 9.63 Å². The standard InChI is InChI=1S/C15H13N3O3/c1-8-12-13(9-3-5-10(20-2)6-4-9)11(7-16)14(19)17-15(12)21-18-8/h3-6,12,15H,1-2H3,(H,17,19)/t12-,15+/m1/s1. The van der Waals surface area contributed by atoms with Crippen LogP contribution in [0.5, 0.6) is 5.75 Å². The lowest BCUT2D eigenvalue weighted by atomic mass is 9.82. The molecule has 0 aliphatic carbocycles. The number of carbonyl (C=O) groups is 1. The zero-order valence-corrected chi connectivity index (χ0v) is 11.6. The van der Waals surface area contributed by atoms with Gasteiger partial charge in [0.15, 0.2) is 0 Å². The predicted molar refractivity (Wildman–Crippen MR) is 75.1 cm³/mol. The van der Waals surface area contributed by atoms with E-state index in [1.54, 1.807) is 19.2 Å². The van der Waals surface area contributed by atoms with Crippen molar-refractivity contribution < 1.29 is 14.4 Å². The first kappa shape index (κ1) is 13.2. The number of oxime groups is 1. The molecule has 21 heavy (non-hydrogen) atoms. The minimum absolute atomic E-state index is 0.0986. The molecule has 0 saturated carbocycles. The van der Waals surface area contributed by atoms with Crippen molar-refractivity contribution in [2.75, 3.05) is 7.11 Å². The van der Waals surface area contributed by atoms with Crippen LogP contribution in [0.1, 0.15) is 12.5 Å². The zero-order chi connectivity index (χ0) is 15.0. The van der Waals surface area contributed by atoms with E-state index in [1.807, 2.05) is 25.1 Å². The number of amides is 1. The molecular formula is C15H13N3O3. The summed E-state index contributed by atoms with van der Waals surface area (Å²) in [6, 6.07) is 9.23. The molecule has 2 heterocycles. The van der Waals surface area contributed by atoms with Gasteiger partial charge < -0.3 is 14.9 Å². The van der Waals surface area contributed by atoms with Crippen molar-refractivity contribution in [3.8, 4) is 11.8 Å². The molecule has 0 fully saturated rings. The molecule has 0 aromatic heterocycles. The van der Waals surface area contributed by atoms with Crippen LogP contribution in [0.3, 0.4) is 0 Å². The van der Waals surface area contributed by atoms with E-state index in [4.69, 9.17) is 9.57 Å². The summed E-state index contributed by atoms with van der Waals surface area (Å²) in [5.41, 5.74) is 2.27. The second-order valence-corrected chi connectivity index (χ2v) is 4.84. The van der Waals surface area contributed by atoms with Crippen molar-refractivity contribution in [3.63, 3.8) is 0 Å². The lowest BCUT2D eigenvalue weighted by Gasteiger charge is -2.27. The molecule has 6 nitrogen and oxygen atoms in total. The number of methoxy groups -OCH3 is 1. The van der Waals surface area contributed by atoms with Crippen LogP contribution < -0.4 is 10.1 Å². The first-order chi connectivity index (χ1) is 10.2. The average Bonchev–Trinajstić information content (AvgIpc) is 2.87. The predicted octanol–water partition coefficient (Wildman–Crippen LogP) is 1.45. The summed E-state index contributed by atoms with van der Waals surface area (Å²) in [7, 11) is 1.58. The van der Waals surface area contributed by atoms with E-state index in [0.717, 1.165) is 11.3 Å². The van der Waals surface area contributed by atoms with Gasteiger partial charge in [0.1, 0.15) is 17.4 Å². The highest BCUT2D eigenvalue weighted by Crippen LogP contribution is 2.37. The van der Waals surface area contributed by atoms with E-state index in [9.17, 15) is 10.1 Å². The van der Waals surface area contributed by atoms with Gasteiger partial charge >= 0.3 is 0 Å². The smallest absolute Gasteiger partial charge is 0.265 e. The molecule has 6 heteroatoms.